The predicted octanol–water partition coefficient (Wildman–Crippen LogP) is 6.60. The maximum atomic E-state index is 13.0. The second-order valence-electron chi connectivity index (χ2n) is 6.56. The molecule has 0 spiro atoms. The van der Waals surface area contributed by atoms with Gasteiger partial charge in [-0.05, 0) is 77.5 Å². The van der Waals surface area contributed by atoms with E-state index in [2.05, 4.69) is 10.3 Å². The number of ether oxygens (including phenoxy) is 1. The summed E-state index contributed by atoms with van der Waals surface area (Å²) in [6.45, 7) is 0.267. The number of benzene rings is 3. The van der Waals surface area contributed by atoms with Crippen LogP contribution in [0.1, 0.15) is 11.1 Å². The van der Waals surface area contributed by atoms with Crippen molar-refractivity contribution in [2.75, 3.05) is 0 Å². The summed E-state index contributed by atoms with van der Waals surface area (Å²) in [6, 6.07) is 18.3. The van der Waals surface area contributed by atoms with Gasteiger partial charge in [0.25, 0.3) is 5.91 Å². The van der Waals surface area contributed by atoms with Crippen LogP contribution in [0.2, 0.25) is 10.0 Å². The second-order valence-corrected chi connectivity index (χ2v) is 8.44. The maximum absolute atomic E-state index is 13.0. The number of nitrogens with zero attached hydrogens (tertiary/aromatic N) is 1. The van der Waals surface area contributed by atoms with E-state index in [4.69, 9.17) is 27.9 Å². The number of carbonyl (C=O) groups excluding carboxylic acids is 1. The molecule has 0 saturated carbocycles. The molecule has 0 unspecified atom stereocenters. The zero-order valence-corrected chi connectivity index (χ0v) is 18.3. The molecular weight excluding hydrogens is 458 g/mol. The summed E-state index contributed by atoms with van der Waals surface area (Å²) in [7, 11) is 0. The van der Waals surface area contributed by atoms with Crippen LogP contribution in [-0.2, 0) is 11.4 Å². The van der Waals surface area contributed by atoms with E-state index in [0.717, 1.165) is 11.1 Å². The third-order valence-corrected chi connectivity index (χ3v) is 5.73. The SMILES string of the molecule is O=C1NC(=Nc2ccc(Cl)cc2)S/C1=C\c1ccc(OCc2ccc(F)cc2)c(Cl)c1. The number of halogens is 3. The Hall–Kier alpha value is -2.80. The molecule has 156 valence electrons. The van der Waals surface area contributed by atoms with Crippen LogP contribution in [0.5, 0.6) is 5.75 Å². The highest BCUT2D eigenvalue weighted by molar-refractivity contribution is 8.18. The first kappa shape index (κ1) is 21.4. The van der Waals surface area contributed by atoms with Crippen LogP contribution in [0.4, 0.5) is 10.1 Å². The van der Waals surface area contributed by atoms with Crippen molar-refractivity contribution in [3.8, 4) is 5.75 Å². The van der Waals surface area contributed by atoms with Gasteiger partial charge in [0.15, 0.2) is 5.17 Å². The van der Waals surface area contributed by atoms with Crippen molar-refractivity contribution in [3.63, 3.8) is 0 Å². The Labute approximate surface area is 192 Å². The standard InChI is InChI=1S/C23H15Cl2FN2O2S/c24-16-4-8-18(9-5-16)27-23-28-22(29)21(31-23)12-15-3-10-20(19(25)11-15)30-13-14-1-6-17(26)7-2-14/h1-12H,13H2,(H,27,28,29)/b21-12-. The number of hydrogen-bond acceptors (Lipinski definition) is 4. The van der Waals surface area contributed by atoms with Gasteiger partial charge in [0.05, 0.1) is 15.6 Å². The molecule has 1 amide bonds. The lowest BCUT2D eigenvalue weighted by Crippen LogP contribution is -2.19. The van der Waals surface area contributed by atoms with Gasteiger partial charge in [-0.15, -0.1) is 0 Å². The van der Waals surface area contributed by atoms with Crippen molar-refractivity contribution in [1.82, 2.24) is 5.32 Å². The highest BCUT2D eigenvalue weighted by Gasteiger charge is 2.23. The van der Waals surface area contributed by atoms with Crippen molar-refractivity contribution < 1.29 is 13.9 Å². The predicted molar refractivity (Wildman–Crippen MR) is 124 cm³/mol. The van der Waals surface area contributed by atoms with E-state index in [9.17, 15) is 9.18 Å². The molecule has 0 bridgehead atoms. The summed E-state index contributed by atoms with van der Waals surface area (Å²) in [5.74, 6) is -0.0264. The molecular formula is C23H15Cl2FN2O2S. The van der Waals surface area contributed by atoms with Crippen molar-refractivity contribution in [2.45, 2.75) is 6.61 Å². The Morgan fingerprint density at radius 2 is 1.77 bits per heavy atom. The number of amides is 1. The fraction of sp³-hybridized carbons (Fsp3) is 0.0435. The first-order valence-electron chi connectivity index (χ1n) is 9.18. The smallest absolute Gasteiger partial charge is 0.264 e. The lowest BCUT2D eigenvalue weighted by atomic mass is 10.2. The van der Waals surface area contributed by atoms with Crippen LogP contribution in [-0.4, -0.2) is 11.1 Å². The average Bonchev–Trinajstić information content (AvgIpc) is 3.09. The number of amidine groups is 1. The van der Waals surface area contributed by atoms with Crippen LogP contribution >= 0.6 is 35.0 Å². The number of hydrogen-bond donors (Lipinski definition) is 1. The van der Waals surface area contributed by atoms with Gasteiger partial charge in [-0.3, -0.25) is 4.79 Å². The molecule has 0 atom stereocenters. The third kappa shape index (κ3) is 5.67. The molecule has 3 aromatic carbocycles. The molecule has 0 aromatic heterocycles. The van der Waals surface area contributed by atoms with Crippen molar-refractivity contribution in [3.05, 3.63) is 98.6 Å². The maximum Gasteiger partial charge on any atom is 0.264 e. The largest absolute Gasteiger partial charge is 0.487 e. The molecule has 1 fully saturated rings. The number of thioether (sulfide) groups is 1. The van der Waals surface area contributed by atoms with E-state index < -0.39 is 0 Å². The second kappa shape index (κ2) is 9.56. The topological polar surface area (TPSA) is 50.7 Å². The Bertz CT molecular complexity index is 1180. The third-order valence-electron chi connectivity index (χ3n) is 4.27. The van der Waals surface area contributed by atoms with Crippen LogP contribution in [0.15, 0.2) is 76.6 Å². The van der Waals surface area contributed by atoms with Crippen LogP contribution in [0.25, 0.3) is 6.08 Å². The first-order valence-corrected chi connectivity index (χ1v) is 10.8. The summed E-state index contributed by atoms with van der Waals surface area (Å²) in [4.78, 5) is 17.2. The minimum Gasteiger partial charge on any atom is -0.487 e. The number of rotatable bonds is 5. The zero-order chi connectivity index (χ0) is 21.8. The Balaban J connectivity index is 1.44. The molecule has 1 N–H and O–H groups in total. The van der Waals surface area contributed by atoms with Gasteiger partial charge in [-0.25, -0.2) is 9.38 Å². The number of nitrogens with one attached hydrogen (secondary N) is 1. The molecule has 0 radical (unpaired) electrons. The first-order chi connectivity index (χ1) is 15.0. The fourth-order valence-corrected chi connectivity index (χ4v) is 3.94. The van der Waals surface area contributed by atoms with Gasteiger partial charge in [-0.2, -0.15) is 0 Å². The fourth-order valence-electron chi connectivity index (χ4n) is 2.73. The highest BCUT2D eigenvalue weighted by Crippen LogP contribution is 2.31. The monoisotopic (exact) mass is 472 g/mol. The van der Waals surface area contributed by atoms with Crippen molar-refractivity contribution >= 4 is 57.8 Å². The van der Waals surface area contributed by atoms with E-state index in [1.807, 2.05) is 0 Å². The number of aliphatic imine (C=N–C) groups is 1. The highest BCUT2D eigenvalue weighted by atomic mass is 35.5. The molecule has 3 aromatic rings. The normalized spacial score (nSPS) is 16.0. The van der Waals surface area contributed by atoms with Gasteiger partial charge in [0.1, 0.15) is 18.2 Å². The number of carbonyl (C=O) groups is 1. The lowest BCUT2D eigenvalue weighted by Gasteiger charge is -2.09. The van der Waals surface area contributed by atoms with E-state index in [1.54, 1.807) is 60.7 Å². The molecule has 0 aliphatic carbocycles. The van der Waals surface area contributed by atoms with Gasteiger partial charge < -0.3 is 10.1 Å². The molecule has 8 heteroatoms. The Morgan fingerprint density at radius 3 is 2.48 bits per heavy atom. The van der Waals surface area contributed by atoms with Crippen molar-refractivity contribution in [2.24, 2.45) is 4.99 Å². The van der Waals surface area contributed by atoms with E-state index >= 15 is 0 Å². The molecule has 1 saturated heterocycles. The summed E-state index contributed by atoms with van der Waals surface area (Å²) in [5, 5.41) is 4.27. The quantitative estimate of drug-likeness (QED) is 0.425. The summed E-state index contributed by atoms with van der Waals surface area (Å²) < 4.78 is 18.7. The van der Waals surface area contributed by atoms with Gasteiger partial charge in [0, 0.05) is 5.02 Å². The van der Waals surface area contributed by atoms with Gasteiger partial charge in [-0.1, -0.05) is 41.4 Å². The summed E-state index contributed by atoms with van der Waals surface area (Å²) in [6.07, 6.45) is 1.74. The molecule has 1 aliphatic heterocycles. The van der Waals surface area contributed by atoms with Gasteiger partial charge in [0.2, 0.25) is 0 Å². The Morgan fingerprint density at radius 1 is 1.03 bits per heavy atom. The van der Waals surface area contributed by atoms with Crippen LogP contribution in [0, 0.1) is 5.82 Å². The molecule has 1 aliphatic rings. The molecule has 4 rings (SSSR count). The van der Waals surface area contributed by atoms with Crippen molar-refractivity contribution in [1.29, 1.82) is 0 Å². The minimum atomic E-state index is -0.297. The lowest BCUT2D eigenvalue weighted by molar-refractivity contribution is -0.115. The Kier molecular flexibility index (Phi) is 6.61. The molecule has 1 heterocycles. The summed E-state index contributed by atoms with van der Waals surface area (Å²) in [5.41, 5.74) is 2.28. The summed E-state index contributed by atoms with van der Waals surface area (Å²) >= 11 is 13.5. The van der Waals surface area contributed by atoms with E-state index in [-0.39, 0.29) is 18.3 Å². The van der Waals surface area contributed by atoms with E-state index in [0.29, 0.717) is 31.6 Å². The molecule has 31 heavy (non-hydrogen) atoms. The van der Waals surface area contributed by atoms with Crippen LogP contribution in [0.3, 0.4) is 0 Å². The van der Waals surface area contributed by atoms with Crippen LogP contribution < -0.4 is 10.1 Å². The minimum absolute atomic E-state index is 0.231. The zero-order valence-electron chi connectivity index (χ0n) is 15.9. The van der Waals surface area contributed by atoms with Gasteiger partial charge >= 0.3 is 0 Å². The van der Waals surface area contributed by atoms with E-state index in [1.165, 1.54) is 23.9 Å². The average molecular weight is 473 g/mol. The molecule has 4 nitrogen and oxygen atoms in total.